The van der Waals surface area contributed by atoms with E-state index in [0.29, 0.717) is 11.7 Å². The van der Waals surface area contributed by atoms with Crippen LogP contribution in [0.3, 0.4) is 0 Å². The maximum Gasteiger partial charge on any atom is 0.252 e. The molecule has 0 radical (unpaired) electrons. The highest BCUT2D eigenvalue weighted by atomic mass is 16.5. The number of aryl methyl sites for hydroxylation is 1. The molecular weight excluding hydrogens is 142 g/mol. The Balaban J connectivity index is 2.64. The minimum atomic E-state index is 0.538. The van der Waals surface area contributed by atoms with Gasteiger partial charge in [-0.05, 0) is 6.92 Å². The molecule has 60 valence electrons. The molecule has 0 atom stereocenters. The van der Waals surface area contributed by atoms with E-state index in [-0.39, 0.29) is 0 Å². The van der Waals surface area contributed by atoms with Gasteiger partial charge in [-0.3, -0.25) is 0 Å². The van der Waals surface area contributed by atoms with Crippen molar-refractivity contribution in [3.63, 3.8) is 0 Å². The van der Waals surface area contributed by atoms with Crippen molar-refractivity contribution in [1.29, 1.82) is 0 Å². The van der Waals surface area contributed by atoms with Gasteiger partial charge in [0, 0.05) is 26.4 Å². The Bertz CT molecular complexity index is 252. The number of hydrogen-bond donors (Lipinski definition) is 0. The molecule has 1 rings (SSSR count). The fraction of sp³-hybridized carbons (Fsp3) is 0.429. The third kappa shape index (κ3) is 2.41. The molecule has 1 aromatic rings. The summed E-state index contributed by atoms with van der Waals surface area (Å²) in [7, 11) is 3.86. The molecule has 0 N–H and O–H groups in total. The summed E-state index contributed by atoms with van der Waals surface area (Å²) in [6.07, 6.45) is 3.62. The van der Waals surface area contributed by atoms with Crippen molar-refractivity contribution in [1.82, 2.24) is 15.0 Å². The minimum Gasteiger partial charge on any atom is -0.383 e. The van der Waals surface area contributed by atoms with E-state index in [1.54, 1.807) is 13.0 Å². The Morgan fingerprint density at radius 1 is 1.45 bits per heavy atom. The van der Waals surface area contributed by atoms with E-state index in [4.69, 9.17) is 4.52 Å². The van der Waals surface area contributed by atoms with E-state index >= 15 is 0 Å². The van der Waals surface area contributed by atoms with E-state index in [1.165, 1.54) is 0 Å². The molecule has 0 saturated heterocycles. The largest absolute Gasteiger partial charge is 0.383 e. The van der Waals surface area contributed by atoms with Gasteiger partial charge in [-0.1, -0.05) is 5.16 Å². The van der Waals surface area contributed by atoms with Gasteiger partial charge in [0.15, 0.2) is 5.82 Å². The van der Waals surface area contributed by atoms with Crippen LogP contribution in [0.2, 0.25) is 0 Å². The second-order valence-corrected chi connectivity index (χ2v) is 2.46. The molecule has 11 heavy (non-hydrogen) atoms. The van der Waals surface area contributed by atoms with Crippen LogP contribution in [0.15, 0.2) is 10.7 Å². The molecule has 0 bridgehead atoms. The standard InChI is InChI=1S/C7H11N3O/c1-6-8-7(11-9-6)4-5-10(2)3/h4-5H,1-3H3/b5-4+. The van der Waals surface area contributed by atoms with E-state index in [9.17, 15) is 0 Å². The van der Waals surface area contributed by atoms with Gasteiger partial charge in [0.25, 0.3) is 5.89 Å². The van der Waals surface area contributed by atoms with Crippen molar-refractivity contribution in [2.24, 2.45) is 0 Å². The summed E-state index contributed by atoms with van der Waals surface area (Å²) in [6, 6.07) is 0. The second-order valence-electron chi connectivity index (χ2n) is 2.46. The number of aromatic nitrogens is 2. The van der Waals surface area contributed by atoms with Gasteiger partial charge in [-0.2, -0.15) is 4.98 Å². The minimum absolute atomic E-state index is 0.538. The lowest BCUT2D eigenvalue weighted by Crippen LogP contribution is -1.99. The molecule has 0 aromatic carbocycles. The predicted octanol–water partition coefficient (Wildman–Crippen LogP) is 0.910. The molecule has 0 spiro atoms. The normalized spacial score (nSPS) is 10.8. The van der Waals surface area contributed by atoms with Crippen LogP contribution in [0.4, 0.5) is 0 Å². The molecule has 0 aliphatic heterocycles. The van der Waals surface area contributed by atoms with Crippen LogP contribution in [-0.2, 0) is 0 Å². The lowest BCUT2D eigenvalue weighted by molar-refractivity contribution is 0.404. The SMILES string of the molecule is Cc1noc(/C=C/N(C)C)n1. The average molecular weight is 153 g/mol. The molecular formula is C7H11N3O. The lowest BCUT2D eigenvalue weighted by atomic mass is 10.6. The Hall–Kier alpha value is -1.32. The molecule has 1 aromatic heterocycles. The van der Waals surface area contributed by atoms with Crippen LogP contribution in [0.25, 0.3) is 6.08 Å². The quantitative estimate of drug-likeness (QED) is 0.633. The zero-order chi connectivity index (χ0) is 8.27. The highest BCUT2D eigenvalue weighted by Crippen LogP contribution is 1.97. The Morgan fingerprint density at radius 2 is 2.18 bits per heavy atom. The maximum atomic E-state index is 4.84. The Labute approximate surface area is 65.5 Å². The predicted molar refractivity (Wildman–Crippen MR) is 41.8 cm³/mol. The highest BCUT2D eigenvalue weighted by molar-refractivity contribution is 5.36. The average Bonchev–Trinajstić information content (AvgIpc) is 2.31. The number of rotatable bonds is 2. The molecule has 0 aliphatic carbocycles. The molecule has 4 heteroatoms. The van der Waals surface area contributed by atoms with Crippen LogP contribution in [0.1, 0.15) is 11.7 Å². The Morgan fingerprint density at radius 3 is 2.64 bits per heavy atom. The van der Waals surface area contributed by atoms with E-state index in [2.05, 4.69) is 10.1 Å². The summed E-state index contributed by atoms with van der Waals surface area (Å²) < 4.78 is 4.84. The lowest BCUT2D eigenvalue weighted by Gasteiger charge is -2.00. The van der Waals surface area contributed by atoms with E-state index in [0.717, 1.165) is 0 Å². The summed E-state index contributed by atoms with van der Waals surface area (Å²) >= 11 is 0. The maximum absolute atomic E-state index is 4.84. The molecule has 4 nitrogen and oxygen atoms in total. The van der Waals surface area contributed by atoms with Crippen molar-refractivity contribution >= 4 is 6.08 Å². The van der Waals surface area contributed by atoms with Crippen LogP contribution in [0.5, 0.6) is 0 Å². The van der Waals surface area contributed by atoms with Gasteiger partial charge in [-0.15, -0.1) is 0 Å². The van der Waals surface area contributed by atoms with Crippen molar-refractivity contribution < 1.29 is 4.52 Å². The van der Waals surface area contributed by atoms with E-state index in [1.807, 2.05) is 25.2 Å². The first-order valence-electron chi connectivity index (χ1n) is 3.33. The fourth-order valence-corrected chi connectivity index (χ4v) is 0.594. The zero-order valence-electron chi connectivity index (χ0n) is 6.90. The summed E-state index contributed by atoms with van der Waals surface area (Å²) in [4.78, 5) is 5.89. The van der Waals surface area contributed by atoms with Gasteiger partial charge >= 0.3 is 0 Å². The van der Waals surface area contributed by atoms with Gasteiger partial charge in [-0.25, -0.2) is 0 Å². The van der Waals surface area contributed by atoms with Crippen molar-refractivity contribution in [3.05, 3.63) is 17.9 Å². The summed E-state index contributed by atoms with van der Waals surface area (Å²) in [5, 5.41) is 3.64. The first-order chi connectivity index (χ1) is 5.18. The van der Waals surface area contributed by atoms with E-state index < -0.39 is 0 Å². The molecule has 0 aliphatic rings. The summed E-state index contributed by atoms with van der Waals surface area (Å²) in [5.74, 6) is 1.19. The van der Waals surface area contributed by atoms with Crippen molar-refractivity contribution in [3.8, 4) is 0 Å². The molecule has 1 heterocycles. The van der Waals surface area contributed by atoms with Crippen LogP contribution >= 0.6 is 0 Å². The second kappa shape index (κ2) is 3.18. The molecule has 0 saturated carbocycles. The van der Waals surface area contributed by atoms with Gasteiger partial charge in [0.2, 0.25) is 0 Å². The third-order valence-electron chi connectivity index (χ3n) is 1.06. The van der Waals surface area contributed by atoms with Gasteiger partial charge < -0.3 is 9.42 Å². The first kappa shape index (κ1) is 7.78. The highest BCUT2D eigenvalue weighted by Gasteiger charge is 1.95. The molecule has 0 unspecified atom stereocenters. The van der Waals surface area contributed by atoms with Gasteiger partial charge in [0.1, 0.15) is 0 Å². The monoisotopic (exact) mass is 153 g/mol. The van der Waals surface area contributed by atoms with Crippen molar-refractivity contribution in [2.75, 3.05) is 14.1 Å². The molecule has 0 amide bonds. The smallest absolute Gasteiger partial charge is 0.252 e. The topological polar surface area (TPSA) is 42.2 Å². The molecule has 0 fully saturated rings. The fourth-order valence-electron chi connectivity index (χ4n) is 0.594. The van der Waals surface area contributed by atoms with Crippen LogP contribution in [0, 0.1) is 6.92 Å². The summed E-state index contributed by atoms with van der Waals surface area (Å²) in [5.41, 5.74) is 0. The third-order valence-corrected chi connectivity index (χ3v) is 1.06. The summed E-state index contributed by atoms with van der Waals surface area (Å²) in [6.45, 7) is 1.79. The zero-order valence-corrected chi connectivity index (χ0v) is 6.90. The van der Waals surface area contributed by atoms with Gasteiger partial charge in [0.05, 0.1) is 0 Å². The number of nitrogens with zero attached hydrogens (tertiary/aromatic N) is 3. The van der Waals surface area contributed by atoms with Crippen molar-refractivity contribution in [2.45, 2.75) is 6.92 Å². The van der Waals surface area contributed by atoms with Crippen LogP contribution in [-0.4, -0.2) is 29.1 Å². The first-order valence-corrected chi connectivity index (χ1v) is 3.33. The number of hydrogen-bond acceptors (Lipinski definition) is 4. The Kier molecular flexibility index (Phi) is 2.25. The van der Waals surface area contributed by atoms with Crippen LogP contribution < -0.4 is 0 Å².